The molecule has 0 radical (unpaired) electrons. The molecule has 2 N–H and O–H groups in total. The molecule has 3 rings (SSSR count). The Hall–Kier alpha value is -1.39. The number of imidazole rings is 1. The van der Waals surface area contributed by atoms with Gasteiger partial charge in [0.15, 0.2) is 0 Å². The summed E-state index contributed by atoms with van der Waals surface area (Å²) in [6, 6.07) is 6.84. The summed E-state index contributed by atoms with van der Waals surface area (Å²) in [5.74, 6) is 0.958. The number of nitrogens with zero attached hydrogens (tertiary/aromatic N) is 2. The Bertz CT molecular complexity index is 572. The third kappa shape index (κ3) is 1.91. The third-order valence-electron chi connectivity index (χ3n) is 3.46. The number of aromatic nitrogens is 2. The number of hydrogen-bond donors (Lipinski definition) is 1. The fourth-order valence-corrected chi connectivity index (χ4v) is 2.46. The van der Waals surface area contributed by atoms with Gasteiger partial charge in [0.05, 0.1) is 23.7 Å². The van der Waals surface area contributed by atoms with Crippen LogP contribution in [0.2, 0.25) is 0 Å². The first kappa shape index (κ1) is 11.7. The van der Waals surface area contributed by atoms with Crippen molar-refractivity contribution in [2.45, 2.75) is 31.8 Å². The predicted molar refractivity (Wildman–Crippen MR) is 71.5 cm³/mol. The lowest BCUT2D eigenvalue weighted by Gasteiger charge is -2.13. The molecule has 4 heteroatoms. The van der Waals surface area contributed by atoms with Crippen molar-refractivity contribution in [2.24, 2.45) is 5.73 Å². The number of fused-ring (bicyclic) bond motifs is 1. The Balaban J connectivity index is 2.14. The van der Waals surface area contributed by atoms with E-state index >= 15 is 0 Å². The summed E-state index contributed by atoms with van der Waals surface area (Å²) in [7, 11) is 1.67. The molecule has 0 saturated heterocycles. The van der Waals surface area contributed by atoms with Crippen molar-refractivity contribution in [3.63, 3.8) is 0 Å². The molecule has 0 aliphatic heterocycles. The summed E-state index contributed by atoms with van der Waals surface area (Å²) in [5.41, 5.74) is 9.64. The molecule has 0 amide bonds. The number of nitrogens with two attached hydrogens (primary N) is 1. The van der Waals surface area contributed by atoms with Crippen LogP contribution in [0.15, 0.2) is 18.2 Å². The molecule has 1 aliphatic carbocycles. The van der Waals surface area contributed by atoms with E-state index in [2.05, 4.69) is 29.7 Å². The van der Waals surface area contributed by atoms with Crippen molar-refractivity contribution in [2.75, 3.05) is 13.7 Å². The van der Waals surface area contributed by atoms with E-state index < -0.39 is 0 Å². The summed E-state index contributed by atoms with van der Waals surface area (Å²) in [5, 5.41) is 0. The smallest absolute Gasteiger partial charge is 0.129 e. The minimum atomic E-state index is -0.150. The average molecular weight is 245 g/mol. The van der Waals surface area contributed by atoms with Crippen LogP contribution in [-0.2, 0) is 4.74 Å². The van der Waals surface area contributed by atoms with E-state index in [0.29, 0.717) is 12.6 Å². The fourth-order valence-electron chi connectivity index (χ4n) is 2.46. The summed E-state index contributed by atoms with van der Waals surface area (Å²) in [6.07, 6.45) is 2.46. The van der Waals surface area contributed by atoms with Crippen LogP contribution in [0, 0.1) is 6.92 Å². The van der Waals surface area contributed by atoms with Crippen LogP contribution in [0.4, 0.5) is 0 Å². The van der Waals surface area contributed by atoms with Gasteiger partial charge in [-0.3, -0.25) is 0 Å². The van der Waals surface area contributed by atoms with Gasteiger partial charge in [0, 0.05) is 13.2 Å². The Labute approximate surface area is 107 Å². The van der Waals surface area contributed by atoms with Crippen molar-refractivity contribution in [1.29, 1.82) is 0 Å². The zero-order valence-electron chi connectivity index (χ0n) is 10.9. The van der Waals surface area contributed by atoms with Gasteiger partial charge in [-0.25, -0.2) is 4.98 Å². The van der Waals surface area contributed by atoms with E-state index in [1.165, 1.54) is 23.9 Å². The summed E-state index contributed by atoms with van der Waals surface area (Å²) >= 11 is 0. The zero-order chi connectivity index (χ0) is 12.7. The Morgan fingerprint density at radius 2 is 2.28 bits per heavy atom. The van der Waals surface area contributed by atoms with Crippen LogP contribution in [0.5, 0.6) is 0 Å². The maximum absolute atomic E-state index is 6.17. The van der Waals surface area contributed by atoms with Gasteiger partial charge in [-0.1, -0.05) is 6.07 Å². The monoisotopic (exact) mass is 245 g/mol. The number of hydrogen-bond acceptors (Lipinski definition) is 3. The molecule has 1 aromatic heterocycles. The molecule has 18 heavy (non-hydrogen) atoms. The number of benzene rings is 1. The van der Waals surface area contributed by atoms with Gasteiger partial charge in [-0.15, -0.1) is 0 Å². The van der Waals surface area contributed by atoms with Crippen molar-refractivity contribution in [3.8, 4) is 0 Å². The van der Waals surface area contributed by atoms with Crippen molar-refractivity contribution < 1.29 is 4.74 Å². The van der Waals surface area contributed by atoms with E-state index in [0.717, 1.165) is 11.3 Å². The van der Waals surface area contributed by atoms with Crippen molar-refractivity contribution >= 4 is 11.0 Å². The minimum Gasteiger partial charge on any atom is -0.383 e. The molecule has 0 bridgehead atoms. The highest BCUT2D eigenvalue weighted by molar-refractivity contribution is 5.77. The highest BCUT2D eigenvalue weighted by atomic mass is 16.5. The number of rotatable bonds is 4. The van der Waals surface area contributed by atoms with Crippen LogP contribution in [-0.4, -0.2) is 23.3 Å². The molecule has 2 aromatic rings. The van der Waals surface area contributed by atoms with E-state index in [1.807, 2.05) is 0 Å². The van der Waals surface area contributed by atoms with E-state index in [-0.39, 0.29) is 6.04 Å². The van der Waals surface area contributed by atoms with Gasteiger partial charge in [0.25, 0.3) is 0 Å². The van der Waals surface area contributed by atoms with Crippen LogP contribution >= 0.6 is 0 Å². The average Bonchev–Trinajstić information content (AvgIpc) is 3.10. The molecule has 1 unspecified atom stereocenters. The van der Waals surface area contributed by atoms with Gasteiger partial charge >= 0.3 is 0 Å². The quantitative estimate of drug-likeness (QED) is 0.899. The summed E-state index contributed by atoms with van der Waals surface area (Å²) in [4.78, 5) is 4.71. The molecule has 4 nitrogen and oxygen atoms in total. The van der Waals surface area contributed by atoms with E-state index in [4.69, 9.17) is 15.5 Å². The molecular weight excluding hydrogens is 226 g/mol. The topological polar surface area (TPSA) is 53.1 Å². The first-order chi connectivity index (χ1) is 8.70. The molecular formula is C14H19N3O. The molecule has 96 valence electrons. The largest absolute Gasteiger partial charge is 0.383 e. The molecule has 0 spiro atoms. The van der Waals surface area contributed by atoms with E-state index in [1.54, 1.807) is 7.11 Å². The molecule has 1 fully saturated rings. The lowest BCUT2D eigenvalue weighted by Crippen LogP contribution is -2.20. The first-order valence-corrected chi connectivity index (χ1v) is 6.43. The normalized spacial score (nSPS) is 17.3. The third-order valence-corrected chi connectivity index (χ3v) is 3.46. The van der Waals surface area contributed by atoms with Crippen LogP contribution in [0.3, 0.4) is 0 Å². The second-order valence-electron chi connectivity index (χ2n) is 5.13. The summed E-state index contributed by atoms with van der Waals surface area (Å²) < 4.78 is 7.46. The van der Waals surface area contributed by atoms with Crippen LogP contribution in [0.25, 0.3) is 11.0 Å². The number of aryl methyl sites for hydroxylation is 1. The number of ether oxygens (including phenoxy) is 1. The lowest BCUT2D eigenvalue weighted by atomic mass is 10.2. The molecule has 1 atom stereocenters. The van der Waals surface area contributed by atoms with Gasteiger partial charge in [0.2, 0.25) is 0 Å². The van der Waals surface area contributed by atoms with E-state index in [9.17, 15) is 0 Å². The van der Waals surface area contributed by atoms with Gasteiger partial charge in [-0.05, 0) is 37.5 Å². The van der Waals surface area contributed by atoms with Gasteiger partial charge in [-0.2, -0.15) is 0 Å². The highest BCUT2D eigenvalue weighted by Crippen LogP contribution is 2.39. The predicted octanol–water partition coefficient (Wildman–Crippen LogP) is 2.33. The minimum absolute atomic E-state index is 0.150. The Morgan fingerprint density at radius 1 is 1.50 bits per heavy atom. The van der Waals surface area contributed by atoms with Crippen molar-refractivity contribution in [3.05, 3.63) is 29.6 Å². The Kier molecular flexibility index (Phi) is 2.84. The SMILES string of the molecule is COCC(N)c1nc2cc(C)ccc2n1C1CC1. The maximum atomic E-state index is 6.17. The van der Waals surface area contributed by atoms with Gasteiger partial charge < -0.3 is 15.0 Å². The van der Waals surface area contributed by atoms with Crippen LogP contribution < -0.4 is 5.73 Å². The zero-order valence-corrected chi connectivity index (χ0v) is 10.9. The lowest BCUT2D eigenvalue weighted by molar-refractivity contribution is 0.177. The standard InChI is InChI=1S/C14H19N3O/c1-9-3-6-13-12(7-9)16-14(11(15)8-18-2)17(13)10-4-5-10/h3,6-7,10-11H,4-5,8,15H2,1-2H3. The Morgan fingerprint density at radius 3 is 2.94 bits per heavy atom. The molecule has 1 saturated carbocycles. The fraction of sp³-hybridized carbons (Fsp3) is 0.500. The molecule has 1 heterocycles. The van der Waals surface area contributed by atoms with Gasteiger partial charge in [0.1, 0.15) is 5.82 Å². The number of methoxy groups -OCH3 is 1. The van der Waals surface area contributed by atoms with Crippen LogP contribution in [0.1, 0.15) is 36.3 Å². The second kappa shape index (κ2) is 4.37. The molecule has 1 aliphatic rings. The molecule has 1 aromatic carbocycles. The maximum Gasteiger partial charge on any atom is 0.129 e. The summed E-state index contributed by atoms with van der Waals surface area (Å²) in [6.45, 7) is 2.60. The first-order valence-electron chi connectivity index (χ1n) is 6.43. The second-order valence-corrected chi connectivity index (χ2v) is 5.13. The highest BCUT2D eigenvalue weighted by Gasteiger charge is 2.29. The van der Waals surface area contributed by atoms with Crippen molar-refractivity contribution in [1.82, 2.24) is 9.55 Å².